The fourth-order valence-corrected chi connectivity index (χ4v) is 6.56. The number of amides is 2. The molecule has 0 aliphatic carbocycles. The van der Waals surface area contributed by atoms with Crippen LogP contribution in [0.4, 0.5) is 5.69 Å². The average Bonchev–Trinajstić information content (AvgIpc) is 3.23. The van der Waals surface area contributed by atoms with E-state index in [2.05, 4.69) is 10.6 Å². The Balaban J connectivity index is 0.000000303. The normalized spacial score (nSPS) is 19.0. The van der Waals surface area contributed by atoms with Gasteiger partial charge >= 0.3 is 17.9 Å². The minimum atomic E-state index is -1.42. The minimum absolute atomic E-state index is 0.00114. The molecule has 0 radical (unpaired) electrons. The van der Waals surface area contributed by atoms with Crippen LogP contribution in [0.5, 0.6) is 23.0 Å². The highest BCUT2D eigenvalue weighted by Gasteiger charge is 2.44. The summed E-state index contributed by atoms with van der Waals surface area (Å²) in [6.07, 6.45) is 1.43. The number of benzene rings is 3. The Morgan fingerprint density at radius 1 is 0.900 bits per heavy atom. The molecule has 60 heavy (non-hydrogen) atoms. The number of unbranched alkanes of at least 4 members (excludes halogenated alkanes) is 2. The van der Waals surface area contributed by atoms with E-state index in [4.69, 9.17) is 28.1 Å². The SMILES string of the molecule is CCCCCC1C(=O)OC(C)C(NC(=O)c2cccc(NC=O)c2O)C(=O)OC(C)C1OC(=O)CC(C)C.COc1ccc(-c2coc3c(OC)c(O)ccc3c2=O)cc1. The Morgan fingerprint density at radius 3 is 2.23 bits per heavy atom. The summed E-state index contributed by atoms with van der Waals surface area (Å²) in [5.74, 6) is -3.49. The van der Waals surface area contributed by atoms with Crippen molar-refractivity contribution in [2.45, 2.75) is 91.1 Å². The van der Waals surface area contributed by atoms with Crippen molar-refractivity contribution in [3.05, 3.63) is 76.6 Å². The van der Waals surface area contributed by atoms with Gasteiger partial charge in [-0.25, -0.2) is 4.79 Å². The number of fused-ring (bicyclic) bond motifs is 1. The zero-order valence-electron chi connectivity index (χ0n) is 34.6. The van der Waals surface area contributed by atoms with E-state index in [1.165, 1.54) is 57.6 Å². The number of phenols is 2. The number of ether oxygens (including phenoxy) is 5. The number of hydrogen-bond acceptors (Lipinski definition) is 14. The number of para-hydroxylation sites is 1. The highest BCUT2D eigenvalue weighted by Crippen LogP contribution is 2.35. The molecule has 0 bridgehead atoms. The predicted molar refractivity (Wildman–Crippen MR) is 220 cm³/mol. The van der Waals surface area contributed by atoms with Gasteiger partial charge < -0.3 is 48.9 Å². The molecule has 0 saturated carbocycles. The van der Waals surface area contributed by atoms with Crippen LogP contribution in [0, 0.1) is 11.8 Å². The lowest BCUT2D eigenvalue weighted by Gasteiger charge is -2.29. The van der Waals surface area contributed by atoms with E-state index < -0.39 is 59.8 Å². The van der Waals surface area contributed by atoms with Gasteiger partial charge in [0.15, 0.2) is 29.2 Å². The van der Waals surface area contributed by atoms with Crippen LogP contribution in [0.2, 0.25) is 0 Å². The molecule has 16 nitrogen and oxygen atoms in total. The zero-order chi connectivity index (χ0) is 44.1. The highest BCUT2D eigenvalue weighted by atomic mass is 16.6. The number of anilines is 1. The maximum Gasteiger partial charge on any atom is 0.332 e. The molecule has 1 saturated heterocycles. The monoisotopic (exact) mass is 832 g/mol. The number of hydrogen-bond donors (Lipinski definition) is 4. The zero-order valence-corrected chi connectivity index (χ0v) is 34.6. The molecule has 1 fully saturated rings. The van der Waals surface area contributed by atoms with Gasteiger partial charge in [0, 0.05) is 6.42 Å². The number of carbonyl (C=O) groups is 5. The van der Waals surface area contributed by atoms with E-state index in [-0.39, 0.29) is 46.1 Å². The van der Waals surface area contributed by atoms with Crippen LogP contribution in [0.3, 0.4) is 0 Å². The Bertz CT molecular complexity index is 2200. The number of nitrogens with one attached hydrogen (secondary N) is 2. The number of phenolic OH excluding ortho intramolecular Hbond substituents is 2. The standard InChI is InChI=1S/C27H38N2O9.C17H14O5/c1-6-7-8-10-19-24(38-21(31)13-15(2)3)17(5)37-27(35)22(16(4)36-26(19)34)29-25(33)18-11-9-12-20(23(18)32)28-14-30;1-20-11-5-3-10(4-6-11)13-9-22-16-12(15(13)19)7-8-14(18)17(16)21-2/h9,11-12,14-17,19,22,24,32H,6-8,10,13H2,1-5H3,(H,28,30)(H,29,33);3-9,18H,1-2H3. The van der Waals surface area contributed by atoms with Crippen LogP contribution in [0.25, 0.3) is 22.1 Å². The number of methoxy groups -OCH3 is 2. The maximum absolute atomic E-state index is 13.3. The summed E-state index contributed by atoms with van der Waals surface area (Å²) in [5, 5.41) is 25.2. The number of esters is 3. The topological polar surface area (TPSA) is 226 Å². The van der Waals surface area contributed by atoms with Crippen LogP contribution in [0.1, 0.15) is 77.1 Å². The maximum atomic E-state index is 13.3. The van der Waals surface area contributed by atoms with Crippen molar-refractivity contribution >= 4 is 46.9 Å². The van der Waals surface area contributed by atoms with Gasteiger partial charge in [0.05, 0.1) is 42.3 Å². The quantitative estimate of drug-likeness (QED) is 0.0361. The molecule has 322 valence electrons. The Hall–Kier alpha value is -6.58. The lowest BCUT2D eigenvalue weighted by molar-refractivity contribution is -0.175. The summed E-state index contributed by atoms with van der Waals surface area (Å²) in [7, 11) is 2.99. The van der Waals surface area contributed by atoms with Crippen molar-refractivity contribution in [2.24, 2.45) is 11.8 Å². The third kappa shape index (κ3) is 11.3. The Morgan fingerprint density at radius 2 is 1.60 bits per heavy atom. The van der Waals surface area contributed by atoms with E-state index in [9.17, 15) is 39.0 Å². The second-order valence-electron chi connectivity index (χ2n) is 14.6. The van der Waals surface area contributed by atoms with Crippen LogP contribution >= 0.6 is 0 Å². The summed E-state index contributed by atoms with van der Waals surface area (Å²) < 4.78 is 32.6. The van der Waals surface area contributed by atoms with Gasteiger partial charge in [-0.05, 0) is 68.1 Å². The first-order valence-corrected chi connectivity index (χ1v) is 19.5. The average molecular weight is 833 g/mol. The van der Waals surface area contributed by atoms with Gasteiger partial charge in [0.25, 0.3) is 5.91 Å². The molecule has 0 spiro atoms. The molecular weight excluding hydrogens is 780 g/mol. The van der Waals surface area contributed by atoms with Gasteiger partial charge in [0.2, 0.25) is 17.6 Å². The third-order valence-corrected chi connectivity index (χ3v) is 9.71. The summed E-state index contributed by atoms with van der Waals surface area (Å²) in [4.78, 5) is 75.3. The number of cyclic esters (lactones) is 2. The third-order valence-electron chi connectivity index (χ3n) is 9.71. The van der Waals surface area contributed by atoms with Gasteiger partial charge in [-0.3, -0.25) is 24.0 Å². The van der Waals surface area contributed by atoms with Crippen molar-refractivity contribution in [3.8, 4) is 34.1 Å². The van der Waals surface area contributed by atoms with E-state index in [1.807, 2.05) is 20.8 Å². The molecule has 2 heterocycles. The van der Waals surface area contributed by atoms with E-state index in [0.717, 1.165) is 18.4 Å². The van der Waals surface area contributed by atoms with E-state index in [1.54, 1.807) is 31.4 Å². The second kappa shape index (κ2) is 21.4. The Kier molecular flexibility index (Phi) is 16.5. The molecule has 16 heteroatoms. The first-order valence-electron chi connectivity index (χ1n) is 19.5. The van der Waals surface area contributed by atoms with Crippen LogP contribution in [-0.4, -0.2) is 79.0 Å². The number of rotatable bonds is 14. The molecule has 1 aromatic heterocycles. The van der Waals surface area contributed by atoms with Crippen LogP contribution in [0.15, 0.2) is 70.1 Å². The highest BCUT2D eigenvalue weighted by molar-refractivity contribution is 6.01. The molecule has 1 aliphatic heterocycles. The van der Waals surface area contributed by atoms with Crippen molar-refractivity contribution in [3.63, 3.8) is 0 Å². The fraction of sp³-hybridized carbons (Fsp3) is 0.409. The van der Waals surface area contributed by atoms with Gasteiger partial charge in [0.1, 0.15) is 24.2 Å². The molecule has 4 N–H and O–H groups in total. The van der Waals surface area contributed by atoms with Crippen molar-refractivity contribution in [1.29, 1.82) is 0 Å². The van der Waals surface area contributed by atoms with Gasteiger partial charge in [-0.15, -0.1) is 0 Å². The molecule has 2 amide bonds. The first kappa shape index (κ1) is 46.1. The summed E-state index contributed by atoms with van der Waals surface area (Å²) in [6.45, 7) is 8.70. The lowest BCUT2D eigenvalue weighted by Crippen LogP contribution is -2.50. The van der Waals surface area contributed by atoms with E-state index >= 15 is 0 Å². The molecule has 3 aromatic carbocycles. The Labute approximate surface area is 347 Å². The predicted octanol–water partition coefficient (Wildman–Crippen LogP) is 6.27. The smallest absolute Gasteiger partial charge is 0.332 e. The minimum Gasteiger partial charge on any atom is -0.505 e. The van der Waals surface area contributed by atoms with E-state index in [0.29, 0.717) is 36.0 Å². The van der Waals surface area contributed by atoms with Gasteiger partial charge in [-0.1, -0.05) is 58.2 Å². The summed E-state index contributed by atoms with van der Waals surface area (Å²) in [5.41, 5.74) is 0.980. The molecule has 5 unspecified atom stereocenters. The summed E-state index contributed by atoms with van der Waals surface area (Å²) in [6, 6.07) is 12.8. The second-order valence-corrected chi connectivity index (χ2v) is 14.6. The molecule has 1 aliphatic rings. The molecule has 5 rings (SSSR count). The van der Waals surface area contributed by atoms with Crippen LogP contribution < -0.4 is 25.5 Å². The number of carbonyl (C=O) groups excluding carboxylic acids is 5. The van der Waals surface area contributed by atoms with Crippen molar-refractivity contribution in [1.82, 2.24) is 5.32 Å². The molecular formula is C44H52N2O14. The molecule has 4 aromatic rings. The van der Waals surface area contributed by atoms with Crippen molar-refractivity contribution in [2.75, 3.05) is 19.5 Å². The number of aromatic hydroxyl groups is 2. The lowest BCUT2D eigenvalue weighted by atomic mass is 9.92. The largest absolute Gasteiger partial charge is 0.505 e. The van der Waals surface area contributed by atoms with Gasteiger partial charge in [-0.2, -0.15) is 0 Å². The summed E-state index contributed by atoms with van der Waals surface area (Å²) >= 11 is 0. The first-order chi connectivity index (χ1) is 28.6. The fourth-order valence-electron chi connectivity index (χ4n) is 6.56. The van der Waals surface area contributed by atoms with Crippen LogP contribution in [-0.2, 0) is 33.4 Å². The molecule has 5 atom stereocenters. The van der Waals surface area contributed by atoms with Crippen molar-refractivity contribution < 1.29 is 62.3 Å².